The molecule has 0 aromatic heterocycles. The summed E-state index contributed by atoms with van der Waals surface area (Å²) in [6.45, 7) is 6.58. The Kier molecular flexibility index (Phi) is 3.60. The van der Waals surface area contributed by atoms with Crippen LogP contribution in [0.3, 0.4) is 0 Å². The molecule has 0 amide bonds. The summed E-state index contributed by atoms with van der Waals surface area (Å²) in [4.78, 5) is 0. The second-order valence-corrected chi connectivity index (χ2v) is 5.87. The van der Waals surface area contributed by atoms with E-state index in [1.807, 2.05) is 0 Å². The zero-order valence-electron chi connectivity index (χ0n) is 11.9. The lowest BCUT2D eigenvalue weighted by Crippen LogP contribution is -2.32. The Labute approximate surface area is 110 Å². The van der Waals surface area contributed by atoms with Gasteiger partial charge in [0.05, 0.1) is 6.10 Å². The maximum atomic E-state index is 5.71. The van der Waals surface area contributed by atoms with E-state index >= 15 is 0 Å². The summed E-state index contributed by atoms with van der Waals surface area (Å²) < 4.78 is 11.4. The Bertz CT molecular complexity index is 454. The minimum Gasteiger partial charge on any atom is -0.376 e. The standard InChI is InChI=1S/C16H22O2/c1-16(2,3)15(18-5)13-10-11-8-6-7-9-12(11)14(13)17-4/h6-10,14-15H,1-5H3/t14-,15-/m0/s1. The van der Waals surface area contributed by atoms with Crippen LogP contribution in [-0.2, 0) is 9.47 Å². The normalized spacial score (nSPS) is 20.5. The van der Waals surface area contributed by atoms with E-state index in [1.54, 1.807) is 14.2 Å². The van der Waals surface area contributed by atoms with Crippen LogP contribution < -0.4 is 0 Å². The summed E-state index contributed by atoms with van der Waals surface area (Å²) >= 11 is 0. The maximum Gasteiger partial charge on any atom is 0.107 e. The predicted octanol–water partition coefficient (Wildman–Crippen LogP) is 3.83. The van der Waals surface area contributed by atoms with E-state index < -0.39 is 0 Å². The Hall–Kier alpha value is -1.12. The molecule has 2 heteroatoms. The molecule has 0 unspecified atom stereocenters. The third-order valence-electron chi connectivity index (χ3n) is 3.46. The van der Waals surface area contributed by atoms with Crippen LogP contribution in [0.1, 0.15) is 38.0 Å². The van der Waals surface area contributed by atoms with Crippen molar-refractivity contribution < 1.29 is 9.47 Å². The molecule has 2 nitrogen and oxygen atoms in total. The molecule has 18 heavy (non-hydrogen) atoms. The van der Waals surface area contributed by atoms with Gasteiger partial charge in [0.15, 0.2) is 0 Å². The van der Waals surface area contributed by atoms with Gasteiger partial charge in [-0.3, -0.25) is 0 Å². The molecule has 0 bridgehead atoms. The molecular formula is C16H22O2. The van der Waals surface area contributed by atoms with Gasteiger partial charge in [0.2, 0.25) is 0 Å². The van der Waals surface area contributed by atoms with Gasteiger partial charge in [0.25, 0.3) is 0 Å². The zero-order valence-corrected chi connectivity index (χ0v) is 11.9. The third-order valence-corrected chi connectivity index (χ3v) is 3.46. The molecule has 98 valence electrons. The van der Waals surface area contributed by atoms with Gasteiger partial charge < -0.3 is 9.47 Å². The van der Waals surface area contributed by atoms with Crippen molar-refractivity contribution in [2.24, 2.45) is 5.41 Å². The Balaban J connectivity index is 2.41. The van der Waals surface area contributed by atoms with Crippen molar-refractivity contribution in [1.29, 1.82) is 0 Å². The lowest BCUT2D eigenvalue weighted by atomic mass is 9.83. The SMILES string of the molecule is CO[C@@H]1C([C@H](OC)C(C)(C)C)=Cc2ccccc21. The number of ether oxygens (including phenoxy) is 2. The van der Waals surface area contributed by atoms with Crippen LogP contribution in [0, 0.1) is 5.41 Å². The molecule has 2 rings (SSSR count). The zero-order chi connectivity index (χ0) is 13.3. The highest BCUT2D eigenvalue weighted by atomic mass is 16.5. The van der Waals surface area contributed by atoms with Gasteiger partial charge in [-0.15, -0.1) is 0 Å². The van der Waals surface area contributed by atoms with E-state index in [-0.39, 0.29) is 17.6 Å². The molecule has 0 radical (unpaired) electrons. The molecule has 1 aromatic carbocycles. The second-order valence-electron chi connectivity index (χ2n) is 5.87. The van der Waals surface area contributed by atoms with Crippen LogP contribution in [0.25, 0.3) is 6.08 Å². The maximum absolute atomic E-state index is 5.71. The van der Waals surface area contributed by atoms with Gasteiger partial charge in [0, 0.05) is 14.2 Å². The topological polar surface area (TPSA) is 18.5 Å². The summed E-state index contributed by atoms with van der Waals surface area (Å²) in [5.74, 6) is 0. The number of benzene rings is 1. The fourth-order valence-electron chi connectivity index (χ4n) is 2.78. The molecule has 0 heterocycles. The van der Waals surface area contributed by atoms with Gasteiger partial charge in [-0.2, -0.15) is 0 Å². The van der Waals surface area contributed by atoms with E-state index in [4.69, 9.17) is 9.47 Å². The number of methoxy groups -OCH3 is 2. The van der Waals surface area contributed by atoms with E-state index in [2.05, 4.69) is 51.1 Å². The van der Waals surface area contributed by atoms with Crippen molar-refractivity contribution in [3.05, 3.63) is 41.0 Å². The largest absolute Gasteiger partial charge is 0.376 e. The second kappa shape index (κ2) is 4.87. The van der Waals surface area contributed by atoms with Crippen molar-refractivity contribution in [3.8, 4) is 0 Å². The highest BCUT2D eigenvalue weighted by Crippen LogP contribution is 2.43. The van der Waals surface area contributed by atoms with E-state index in [0.717, 1.165) is 0 Å². The molecular weight excluding hydrogens is 224 g/mol. The predicted molar refractivity (Wildman–Crippen MR) is 74.4 cm³/mol. The van der Waals surface area contributed by atoms with Crippen LogP contribution in [0.4, 0.5) is 0 Å². The summed E-state index contributed by atoms with van der Waals surface area (Å²) in [6, 6.07) is 8.37. The monoisotopic (exact) mass is 246 g/mol. The highest BCUT2D eigenvalue weighted by Gasteiger charge is 2.36. The number of hydrogen-bond acceptors (Lipinski definition) is 2. The lowest BCUT2D eigenvalue weighted by Gasteiger charge is -2.33. The van der Waals surface area contributed by atoms with Crippen LogP contribution >= 0.6 is 0 Å². The minimum atomic E-state index is 0.0189. The third kappa shape index (κ3) is 2.23. The lowest BCUT2D eigenvalue weighted by molar-refractivity contribution is 0.0187. The summed E-state index contributed by atoms with van der Waals surface area (Å²) in [6.07, 6.45) is 2.29. The molecule has 0 N–H and O–H groups in total. The fraction of sp³-hybridized carbons (Fsp3) is 0.500. The Morgan fingerprint density at radius 1 is 1.11 bits per heavy atom. The molecule has 1 aliphatic rings. The Morgan fingerprint density at radius 2 is 1.78 bits per heavy atom. The minimum absolute atomic E-state index is 0.0189. The summed E-state index contributed by atoms with van der Waals surface area (Å²) in [5, 5.41) is 0. The summed E-state index contributed by atoms with van der Waals surface area (Å²) in [7, 11) is 3.53. The number of hydrogen-bond donors (Lipinski definition) is 0. The molecule has 0 fully saturated rings. The van der Waals surface area contributed by atoms with Gasteiger partial charge in [0.1, 0.15) is 6.10 Å². The van der Waals surface area contributed by atoms with Crippen LogP contribution in [0.2, 0.25) is 0 Å². The van der Waals surface area contributed by atoms with Crippen LogP contribution in [0.5, 0.6) is 0 Å². The summed E-state index contributed by atoms with van der Waals surface area (Å²) in [5.41, 5.74) is 3.75. The fourth-order valence-corrected chi connectivity index (χ4v) is 2.78. The molecule has 1 aromatic rings. The van der Waals surface area contributed by atoms with Gasteiger partial charge >= 0.3 is 0 Å². The first-order valence-corrected chi connectivity index (χ1v) is 6.35. The van der Waals surface area contributed by atoms with E-state index in [1.165, 1.54) is 16.7 Å². The molecule has 0 saturated heterocycles. The first-order valence-electron chi connectivity index (χ1n) is 6.35. The van der Waals surface area contributed by atoms with E-state index in [0.29, 0.717) is 0 Å². The molecule has 0 spiro atoms. The highest BCUT2D eigenvalue weighted by molar-refractivity contribution is 5.66. The van der Waals surface area contributed by atoms with Crippen LogP contribution in [-0.4, -0.2) is 20.3 Å². The van der Waals surface area contributed by atoms with Crippen molar-refractivity contribution in [1.82, 2.24) is 0 Å². The first kappa shape index (κ1) is 13.3. The van der Waals surface area contributed by atoms with Crippen molar-refractivity contribution in [3.63, 3.8) is 0 Å². The molecule has 1 aliphatic carbocycles. The van der Waals surface area contributed by atoms with Gasteiger partial charge in [-0.1, -0.05) is 45.0 Å². The average Bonchev–Trinajstić information content (AvgIpc) is 2.66. The van der Waals surface area contributed by atoms with Crippen molar-refractivity contribution in [2.45, 2.75) is 33.0 Å². The van der Waals surface area contributed by atoms with E-state index in [9.17, 15) is 0 Å². The molecule has 2 atom stereocenters. The Morgan fingerprint density at radius 3 is 2.33 bits per heavy atom. The average molecular weight is 246 g/mol. The van der Waals surface area contributed by atoms with Crippen molar-refractivity contribution >= 4 is 6.08 Å². The number of rotatable bonds is 3. The van der Waals surface area contributed by atoms with Gasteiger partial charge in [-0.05, 0) is 28.2 Å². The van der Waals surface area contributed by atoms with Crippen LogP contribution in [0.15, 0.2) is 29.8 Å². The van der Waals surface area contributed by atoms with Gasteiger partial charge in [-0.25, -0.2) is 0 Å². The quantitative estimate of drug-likeness (QED) is 0.807. The van der Waals surface area contributed by atoms with Crippen molar-refractivity contribution in [2.75, 3.05) is 14.2 Å². The first-order chi connectivity index (χ1) is 8.49. The molecule has 0 aliphatic heterocycles. The smallest absolute Gasteiger partial charge is 0.107 e. The molecule has 0 saturated carbocycles. The number of fused-ring (bicyclic) bond motifs is 1.